The maximum atomic E-state index is 11.5. The van der Waals surface area contributed by atoms with Crippen molar-refractivity contribution in [3.63, 3.8) is 0 Å². The number of hydrogen-bond donors (Lipinski definition) is 3. The summed E-state index contributed by atoms with van der Waals surface area (Å²) in [6.07, 6.45) is 0.547. The molecule has 1 amide bonds. The molecule has 1 aromatic rings. The highest BCUT2D eigenvalue weighted by molar-refractivity contribution is 5.96. The van der Waals surface area contributed by atoms with Crippen LogP contribution in [-0.4, -0.2) is 23.0 Å². The smallest absolute Gasteiger partial charge is 0.305 e. The van der Waals surface area contributed by atoms with Gasteiger partial charge in [0.15, 0.2) is 0 Å². The Balaban J connectivity index is 2.58. The summed E-state index contributed by atoms with van der Waals surface area (Å²) in [5.41, 5.74) is 7.21. The number of hydrogen-bond acceptors (Lipinski definition) is 3. The van der Waals surface area contributed by atoms with Gasteiger partial charge in [-0.1, -0.05) is 19.1 Å². The monoisotopic (exact) mass is 236 g/mol. The lowest BCUT2D eigenvalue weighted by Gasteiger charge is -2.10. The number of anilines is 1. The van der Waals surface area contributed by atoms with E-state index >= 15 is 0 Å². The highest BCUT2D eigenvalue weighted by Crippen LogP contribution is 2.10. The lowest BCUT2D eigenvalue weighted by atomic mass is 10.1. The molecule has 4 N–H and O–H groups in total. The summed E-state index contributed by atoms with van der Waals surface area (Å²) < 4.78 is 0. The van der Waals surface area contributed by atoms with E-state index in [0.717, 1.165) is 12.0 Å². The first-order valence-electron chi connectivity index (χ1n) is 5.40. The molecule has 0 aliphatic rings. The zero-order valence-electron chi connectivity index (χ0n) is 9.64. The zero-order valence-corrected chi connectivity index (χ0v) is 9.64. The molecule has 0 radical (unpaired) electrons. The van der Waals surface area contributed by atoms with Gasteiger partial charge in [-0.05, 0) is 24.1 Å². The highest BCUT2D eigenvalue weighted by atomic mass is 16.4. The number of carbonyl (C=O) groups is 2. The van der Waals surface area contributed by atoms with E-state index in [2.05, 4.69) is 5.32 Å². The van der Waals surface area contributed by atoms with Crippen molar-refractivity contribution in [1.29, 1.82) is 0 Å². The van der Waals surface area contributed by atoms with E-state index in [1.165, 1.54) is 0 Å². The van der Waals surface area contributed by atoms with Crippen molar-refractivity contribution in [3.8, 4) is 0 Å². The third kappa shape index (κ3) is 4.24. The molecule has 0 aromatic heterocycles. The maximum absolute atomic E-state index is 11.5. The standard InChI is InChI=1S/C12H16N2O3/c1-2-8-3-5-9(6-4-8)14-12(17)10(13)7-11(15)16/h3-6,10H,2,7,13H2,1H3,(H,14,17)(H,15,16). The van der Waals surface area contributed by atoms with Crippen LogP contribution < -0.4 is 11.1 Å². The second-order valence-electron chi connectivity index (χ2n) is 3.74. The molecule has 1 aromatic carbocycles. The molecule has 1 atom stereocenters. The predicted octanol–water partition coefficient (Wildman–Crippen LogP) is 0.989. The summed E-state index contributed by atoms with van der Waals surface area (Å²) in [6, 6.07) is 6.31. The van der Waals surface area contributed by atoms with Crippen molar-refractivity contribution < 1.29 is 14.7 Å². The Morgan fingerprint density at radius 2 is 1.94 bits per heavy atom. The molecule has 0 aliphatic heterocycles. The first-order valence-corrected chi connectivity index (χ1v) is 5.40. The van der Waals surface area contributed by atoms with E-state index in [9.17, 15) is 9.59 Å². The molecular formula is C12H16N2O3. The Morgan fingerprint density at radius 1 is 1.35 bits per heavy atom. The molecular weight excluding hydrogens is 220 g/mol. The van der Waals surface area contributed by atoms with Crippen LogP contribution in [-0.2, 0) is 16.0 Å². The summed E-state index contributed by atoms with van der Waals surface area (Å²) >= 11 is 0. The predicted molar refractivity (Wildman–Crippen MR) is 64.7 cm³/mol. The average molecular weight is 236 g/mol. The van der Waals surface area contributed by atoms with Gasteiger partial charge in [-0.2, -0.15) is 0 Å². The fourth-order valence-electron chi connectivity index (χ4n) is 1.34. The number of carboxylic acid groups (broad SMARTS) is 1. The lowest BCUT2D eigenvalue weighted by Crippen LogP contribution is -2.37. The van der Waals surface area contributed by atoms with Crippen LogP contribution in [0.5, 0.6) is 0 Å². The van der Waals surface area contributed by atoms with Crippen molar-refractivity contribution in [3.05, 3.63) is 29.8 Å². The van der Waals surface area contributed by atoms with Gasteiger partial charge in [0, 0.05) is 5.69 Å². The van der Waals surface area contributed by atoms with E-state index in [-0.39, 0.29) is 6.42 Å². The van der Waals surface area contributed by atoms with Gasteiger partial charge >= 0.3 is 5.97 Å². The summed E-state index contributed by atoms with van der Waals surface area (Å²) in [5, 5.41) is 11.1. The van der Waals surface area contributed by atoms with Gasteiger partial charge < -0.3 is 16.2 Å². The van der Waals surface area contributed by atoms with Crippen molar-refractivity contribution in [2.45, 2.75) is 25.8 Å². The number of aryl methyl sites for hydroxylation is 1. The highest BCUT2D eigenvalue weighted by Gasteiger charge is 2.16. The third-order valence-corrected chi connectivity index (χ3v) is 2.36. The van der Waals surface area contributed by atoms with Crippen molar-refractivity contribution >= 4 is 17.6 Å². The van der Waals surface area contributed by atoms with Crippen LogP contribution in [0.3, 0.4) is 0 Å². The fraction of sp³-hybridized carbons (Fsp3) is 0.333. The van der Waals surface area contributed by atoms with Crippen LogP contribution in [0.25, 0.3) is 0 Å². The second kappa shape index (κ2) is 6.00. The van der Waals surface area contributed by atoms with Gasteiger partial charge in [0.2, 0.25) is 5.91 Å². The molecule has 17 heavy (non-hydrogen) atoms. The normalized spacial score (nSPS) is 11.9. The quantitative estimate of drug-likeness (QED) is 0.710. The molecule has 0 bridgehead atoms. The minimum atomic E-state index is -1.09. The zero-order chi connectivity index (χ0) is 12.8. The van der Waals surface area contributed by atoms with Gasteiger partial charge in [0.1, 0.15) is 0 Å². The molecule has 0 heterocycles. The van der Waals surface area contributed by atoms with Gasteiger partial charge in [-0.3, -0.25) is 9.59 Å². The molecule has 92 valence electrons. The fourth-order valence-corrected chi connectivity index (χ4v) is 1.34. The number of amides is 1. The minimum absolute atomic E-state index is 0.376. The Hall–Kier alpha value is -1.88. The third-order valence-electron chi connectivity index (χ3n) is 2.36. The summed E-state index contributed by atoms with van der Waals surface area (Å²) in [4.78, 5) is 21.9. The Labute approximate surface area is 99.6 Å². The SMILES string of the molecule is CCc1ccc(NC(=O)C(N)CC(=O)O)cc1. The average Bonchev–Trinajstić information content (AvgIpc) is 2.29. The Morgan fingerprint density at radius 3 is 2.41 bits per heavy atom. The number of carbonyl (C=O) groups excluding carboxylic acids is 1. The first kappa shape index (κ1) is 13.2. The number of nitrogens with two attached hydrogens (primary N) is 1. The van der Waals surface area contributed by atoms with Crippen LogP contribution in [0, 0.1) is 0 Å². The van der Waals surface area contributed by atoms with E-state index in [1.807, 2.05) is 19.1 Å². The second-order valence-corrected chi connectivity index (χ2v) is 3.74. The van der Waals surface area contributed by atoms with Crippen LogP contribution in [0.1, 0.15) is 18.9 Å². The molecule has 0 fully saturated rings. The van der Waals surface area contributed by atoms with Crippen LogP contribution in [0.4, 0.5) is 5.69 Å². The van der Waals surface area contributed by atoms with E-state index in [4.69, 9.17) is 10.8 Å². The van der Waals surface area contributed by atoms with Crippen LogP contribution >= 0.6 is 0 Å². The molecule has 1 unspecified atom stereocenters. The van der Waals surface area contributed by atoms with Crippen LogP contribution in [0.15, 0.2) is 24.3 Å². The summed E-state index contributed by atoms with van der Waals surface area (Å²) in [5.74, 6) is -1.58. The molecule has 5 heteroatoms. The summed E-state index contributed by atoms with van der Waals surface area (Å²) in [6.45, 7) is 2.04. The number of benzene rings is 1. The van der Waals surface area contributed by atoms with E-state index in [1.54, 1.807) is 12.1 Å². The largest absolute Gasteiger partial charge is 0.481 e. The van der Waals surface area contributed by atoms with Crippen molar-refractivity contribution in [2.24, 2.45) is 5.73 Å². The molecule has 0 spiro atoms. The number of nitrogens with one attached hydrogen (secondary N) is 1. The van der Waals surface area contributed by atoms with E-state index in [0.29, 0.717) is 5.69 Å². The molecule has 0 aliphatic carbocycles. The summed E-state index contributed by atoms with van der Waals surface area (Å²) in [7, 11) is 0. The Bertz CT molecular complexity index is 401. The van der Waals surface area contributed by atoms with Crippen molar-refractivity contribution in [2.75, 3.05) is 5.32 Å². The van der Waals surface area contributed by atoms with Gasteiger partial charge in [-0.15, -0.1) is 0 Å². The topological polar surface area (TPSA) is 92.4 Å². The molecule has 5 nitrogen and oxygen atoms in total. The number of aliphatic carboxylic acids is 1. The molecule has 0 saturated carbocycles. The van der Waals surface area contributed by atoms with Gasteiger partial charge in [-0.25, -0.2) is 0 Å². The number of carboxylic acids is 1. The lowest BCUT2D eigenvalue weighted by molar-refractivity contribution is -0.138. The first-order chi connectivity index (χ1) is 8.02. The van der Waals surface area contributed by atoms with Gasteiger partial charge in [0.05, 0.1) is 12.5 Å². The van der Waals surface area contributed by atoms with Crippen molar-refractivity contribution in [1.82, 2.24) is 0 Å². The Kier molecular flexibility index (Phi) is 4.66. The number of rotatable bonds is 5. The molecule has 1 rings (SSSR count). The maximum Gasteiger partial charge on any atom is 0.305 e. The molecule has 0 saturated heterocycles. The van der Waals surface area contributed by atoms with Crippen LogP contribution in [0.2, 0.25) is 0 Å². The van der Waals surface area contributed by atoms with Gasteiger partial charge in [0.25, 0.3) is 0 Å². The minimum Gasteiger partial charge on any atom is -0.481 e. The van der Waals surface area contributed by atoms with E-state index < -0.39 is 17.9 Å².